The molecule has 2 aromatic rings. The summed E-state index contributed by atoms with van der Waals surface area (Å²) >= 11 is 3.56. The molecule has 0 bridgehead atoms. The molecular weight excluding hydrogens is 400 g/mol. The molecule has 0 aliphatic heterocycles. The topological polar surface area (TPSA) is 29.5 Å². The van der Waals surface area contributed by atoms with Crippen molar-refractivity contribution in [2.24, 2.45) is 0 Å². The number of benzene rings is 2. The molecule has 3 heteroatoms. The second kappa shape index (κ2) is 7.87. The third-order valence-electron chi connectivity index (χ3n) is 5.56. The van der Waals surface area contributed by atoms with E-state index in [1.807, 2.05) is 18.2 Å². The lowest BCUT2D eigenvalue weighted by Crippen LogP contribution is -2.15. The Kier molecular flexibility index (Phi) is 5.33. The van der Waals surface area contributed by atoms with Crippen molar-refractivity contribution in [1.29, 1.82) is 0 Å². The van der Waals surface area contributed by atoms with Crippen molar-refractivity contribution in [3.05, 3.63) is 99.1 Å². The number of halogens is 1. The Labute approximate surface area is 169 Å². The maximum Gasteiger partial charge on any atom is 0.133 e. The van der Waals surface area contributed by atoms with Crippen LogP contribution in [0.1, 0.15) is 41.6 Å². The second-order valence-corrected chi connectivity index (χ2v) is 7.91. The number of allylic oxidation sites excluding steroid dienone is 5. The highest BCUT2D eigenvalue weighted by Gasteiger charge is 2.31. The third-order valence-corrected chi connectivity index (χ3v) is 6.18. The lowest BCUT2D eigenvalue weighted by Gasteiger charge is -2.28. The molecular formula is C24H23BrO2. The summed E-state index contributed by atoms with van der Waals surface area (Å²) < 4.78 is 6.21. The minimum Gasteiger partial charge on any atom is -0.496 e. The molecule has 0 saturated heterocycles. The van der Waals surface area contributed by atoms with Gasteiger partial charge in [0, 0.05) is 5.92 Å². The Morgan fingerprint density at radius 1 is 1.11 bits per heavy atom. The van der Waals surface area contributed by atoms with Crippen molar-refractivity contribution < 1.29 is 9.84 Å². The quantitative estimate of drug-likeness (QED) is 0.653. The van der Waals surface area contributed by atoms with Gasteiger partial charge in [-0.05, 0) is 69.6 Å². The number of fused-ring (bicyclic) bond motifs is 1. The van der Waals surface area contributed by atoms with Crippen molar-refractivity contribution in [3.8, 4) is 5.75 Å². The molecule has 2 aliphatic carbocycles. The molecule has 0 heterocycles. The standard InChI is InChI=1S/C24H23BrO2/c1-27-22-14-13-18(15-21(22)25)24(26)23-19-9-4-2-3-7-16(19)11-12-17-8-5-6-10-20(17)23/h2-8,10,13-15,23-24,26H,9,11-12H2,1H3. The number of methoxy groups -OCH3 is 1. The van der Waals surface area contributed by atoms with E-state index in [0.29, 0.717) is 0 Å². The molecule has 0 amide bonds. The Morgan fingerprint density at radius 3 is 2.78 bits per heavy atom. The molecule has 0 spiro atoms. The Morgan fingerprint density at radius 2 is 1.96 bits per heavy atom. The third kappa shape index (κ3) is 3.54. The lowest BCUT2D eigenvalue weighted by molar-refractivity contribution is 0.156. The predicted molar refractivity (Wildman–Crippen MR) is 113 cm³/mol. The van der Waals surface area contributed by atoms with Crippen LogP contribution in [0, 0.1) is 0 Å². The summed E-state index contributed by atoms with van der Waals surface area (Å²) in [6.07, 6.45) is 10.9. The van der Waals surface area contributed by atoms with E-state index >= 15 is 0 Å². The maximum absolute atomic E-state index is 11.5. The number of ether oxygens (including phenoxy) is 1. The Hall–Kier alpha value is -2.10. The van der Waals surface area contributed by atoms with Gasteiger partial charge in [0.05, 0.1) is 17.7 Å². The summed E-state index contributed by atoms with van der Waals surface area (Å²) in [6, 6.07) is 14.4. The zero-order chi connectivity index (χ0) is 18.8. The fourth-order valence-corrected chi connectivity index (χ4v) is 4.75. The molecule has 0 aromatic heterocycles. The van der Waals surface area contributed by atoms with Gasteiger partial charge in [-0.2, -0.15) is 0 Å². The molecule has 2 aromatic carbocycles. The van der Waals surface area contributed by atoms with Crippen LogP contribution in [0.15, 0.2) is 82.4 Å². The first-order valence-corrected chi connectivity index (χ1v) is 10.1. The molecule has 1 N–H and O–H groups in total. The van der Waals surface area contributed by atoms with Crippen molar-refractivity contribution in [3.63, 3.8) is 0 Å². The van der Waals surface area contributed by atoms with Crippen LogP contribution in [-0.4, -0.2) is 12.2 Å². The molecule has 0 radical (unpaired) electrons. The van der Waals surface area contributed by atoms with E-state index < -0.39 is 6.10 Å². The molecule has 138 valence electrons. The number of hydrogen-bond acceptors (Lipinski definition) is 2. The first kappa shape index (κ1) is 18.3. The zero-order valence-electron chi connectivity index (χ0n) is 15.4. The predicted octanol–water partition coefficient (Wildman–Crippen LogP) is 6.03. The molecule has 0 fully saturated rings. The molecule has 2 unspecified atom stereocenters. The van der Waals surface area contributed by atoms with Crippen LogP contribution in [0.25, 0.3) is 0 Å². The number of aryl methyl sites for hydroxylation is 1. The minimum absolute atomic E-state index is 0.0496. The smallest absolute Gasteiger partial charge is 0.133 e. The SMILES string of the molecule is COc1ccc(C(O)C2C3=C(C=CC=CC3)CCc3ccccc32)cc1Br. The van der Waals surface area contributed by atoms with Crippen LogP contribution < -0.4 is 4.74 Å². The average molecular weight is 423 g/mol. The van der Waals surface area contributed by atoms with Crippen LogP contribution in [0.3, 0.4) is 0 Å². The Bertz CT molecular complexity index is 939. The van der Waals surface area contributed by atoms with Gasteiger partial charge in [0.1, 0.15) is 5.75 Å². The molecule has 0 saturated carbocycles. The first-order valence-electron chi connectivity index (χ1n) is 9.33. The Balaban J connectivity index is 1.84. The summed E-state index contributed by atoms with van der Waals surface area (Å²) in [4.78, 5) is 0. The van der Waals surface area contributed by atoms with E-state index in [1.165, 1.54) is 22.3 Å². The van der Waals surface area contributed by atoms with E-state index in [0.717, 1.165) is 35.0 Å². The van der Waals surface area contributed by atoms with E-state index in [4.69, 9.17) is 4.74 Å². The largest absolute Gasteiger partial charge is 0.496 e. The summed E-state index contributed by atoms with van der Waals surface area (Å²) in [5, 5.41) is 11.5. The monoisotopic (exact) mass is 422 g/mol. The molecule has 2 atom stereocenters. The normalized spacial score (nSPS) is 19.7. The summed E-state index contributed by atoms with van der Waals surface area (Å²) in [5.41, 5.74) is 6.15. The number of aliphatic hydroxyl groups is 1. The highest BCUT2D eigenvalue weighted by molar-refractivity contribution is 9.10. The van der Waals surface area contributed by atoms with Crippen LogP contribution in [0.4, 0.5) is 0 Å². The molecule has 2 nitrogen and oxygen atoms in total. The van der Waals surface area contributed by atoms with Gasteiger partial charge in [0.2, 0.25) is 0 Å². The van der Waals surface area contributed by atoms with Crippen LogP contribution in [-0.2, 0) is 6.42 Å². The summed E-state index contributed by atoms with van der Waals surface area (Å²) in [6.45, 7) is 0. The van der Waals surface area contributed by atoms with Crippen LogP contribution >= 0.6 is 15.9 Å². The number of rotatable bonds is 3. The van der Waals surface area contributed by atoms with Gasteiger partial charge in [-0.3, -0.25) is 0 Å². The van der Waals surface area contributed by atoms with Gasteiger partial charge in [-0.15, -0.1) is 0 Å². The van der Waals surface area contributed by atoms with Crippen molar-refractivity contribution in [1.82, 2.24) is 0 Å². The van der Waals surface area contributed by atoms with E-state index in [9.17, 15) is 5.11 Å². The van der Waals surface area contributed by atoms with Gasteiger partial charge < -0.3 is 9.84 Å². The van der Waals surface area contributed by atoms with Crippen molar-refractivity contribution in [2.45, 2.75) is 31.3 Å². The highest BCUT2D eigenvalue weighted by atomic mass is 79.9. The van der Waals surface area contributed by atoms with Gasteiger partial charge in [-0.25, -0.2) is 0 Å². The summed E-state index contributed by atoms with van der Waals surface area (Å²) in [7, 11) is 1.65. The average Bonchev–Trinajstić information content (AvgIpc) is 3.00. The van der Waals surface area contributed by atoms with Crippen molar-refractivity contribution >= 4 is 15.9 Å². The first-order chi connectivity index (χ1) is 13.2. The fraction of sp³-hybridized carbons (Fsp3) is 0.250. The molecule has 27 heavy (non-hydrogen) atoms. The van der Waals surface area contributed by atoms with Crippen molar-refractivity contribution in [2.75, 3.05) is 7.11 Å². The van der Waals surface area contributed by atoms with Gasteiger partial charge >= 0.3 is 0 Å². The van der Waals surface area contributed by atoms with Gasteiger partial charge in [0.25, 0.3) is 0 Å². The number of hydrogen-bond donors (Lipinski definition) is 1. The van der Waals surface area contributed by atoms with Crippen LogP contribution in [0.2, 0.25) is 0 Å². The molecule has 4 rings (SSSR count). The molecule has 2 aliphatic rings. The van der Waals surface area contributed by atoms with E-state index in [1.54, 1.807) is 7.11 Å². The summed E-state index contributed by atoms with van der Waals surface area (Å²) in [5.74, 6) is 0.721. The highest BCUT2D eigenvalue weighted by Crippen LogP contribution is 2.45. The van der Waals surface area contributed by atoms with Crippen LogP contribution in [0.5, 0.6) is 5.75 Å². The lowest BCUT2D eigenvalue weighted by atomic mass is 9.80. The van der Waals surface area contributed by atoms with E-state index in [2.05, 4.69) is 64.5 Å². The van der Waals surface area contributed by atoms with Gasteiger partial charge in [-0.1, -0.05) is 60.2 Å². The minimum atomic E-state index is -0.614. The van der Waals surface area contributed by atoms with Gasteiger partial charge in [0.15, 0.2) is 0 Å². The second-order valence-electron chi connectivity index (χ2n) is 7.06. The maximum atomic E-state index is 11.5. The van der Waals surface area contributed by atoms with E-state index in [-0.39, 0.29) is 5.92 Å². The zero-order valence-corrected chi connectivity index (χ0v) is 16.9. The number of aliphatic hydroxyl groups excluding tert-OH is 1. The fourth-order valence-electron chi connectivity index (χ4n) is 4.20.